The Labute approximate surface area is 151 Å². The molecule has 0 bridgehead atoms. The Morgan fingerprint density at radius 3 is 2.44 bits per heavy atom. The van der Waals surface area contributed by atoms with Gasteiger partial charge >= 0.3 is 5.97 Å². The standard InChI is InChI=1S/C18H19ClN2O4/c1-12(2)13-3-6-15(7-4-13)24-11-18(23)25-10-17(22)21-16-8-5-14(19)9-20-16/h3-9,12H,10-11H2,1-2H3,(H,20,21,22). The number of benzene rings is 1. The molecule has 2 rings (SSSR count). The molecule has 1 heterocycles. The number of hydrogen-bond acceptors (Lipinski definition) is 5. The molecule has 0 fully saturated rings. The second kappa shape index (κ2) is 9.03. The van der Waals surface area contributed by atoms with Gasteiger partial charge in [0.05, 0.1) is 5.02 Å². The van der Waals surface area contributed by atoms with Gasteiger partial charge in [0.25, 0.3) is 5.91 Å². The molecule has 0 atom stereocenters. The van der Waals surface area contributed by atoms with E-state index in [0.717, 1.165) is 0 Å². The molecule has 1 N–H and O–H groups in total. The summed E-state index contributed by atoms with van der Waals surface area (Å²) < 4.78 is 10.2. The summed E-state index contributed by atoms with van der Waals surface area (Å²) in [6, 6.07) is 10.6. The number of nitrogens with one attached hydrogen (secondary N) is 1. The molecule has 1 amide bonds. The second-order valence-corrected chi connectivity index (χ2v) is 6.02. The van der Waals surface area contributed by atoms with Crippen molar-refractivity contribution in [2.75, 3.05) is 18.5 Å². The van der Waals surface area contributed by atoms with Gasteiger partial charge in [-0.25, -0.2) is 9.78 Å². The summed E-state index contributed by atoms with van der Waals surface area (Å²) in [5.74, 6) is 0.187. The number of rotatable bonds is 7. The minimum Gasteiger partial charge on any atom is -0.482 e. The SMILES string of the molecule is CC(C)c1ccc(OCC(=O)OCC(=O)Nc2ccc(Cl)cn2)cc1. The van der Waals surface area contributed by atoms with E-state index in [9.17, 15) is 9.59 Å². The first-order chi connectivity index (χ1) is 11.9. The predicted octanol–water partition coefficient (Wildman–Crippen LogP) is 3.42. The molecular weight excluding hydrogens is 344 g/mol. The third-order valence-electron chi connectivity index (χ3n) is 3.26. The van der Waals surface area contributed by atoms with Crippen LogP contribution in [0.1, 0.15) is 25.3 Å². The lowest BCUT2D eigenvalue weighted by atomic mass is 10.0. The summed E-state index contributed by atoms with van der Waals surface area (Å²) in [7, 11) is 0. The van der Waals surface area contributed by atoms with Crippen molar-refractivity contribution in [3.8, 4) is 5.75 Å². The summed E-state index contributed by atoms with van der Waals surface area (Å²) in [6.07, 6.45) is 1.40. The zero-order valence-corrected chi connectivity index (χ0v) is 14.7. The Bertz CT molecular complexity index is 715. The molecule has 1 aromatic heterocycles. The molecule has 7 heteroatoms. The van der Waals surface area contributed by atoms with Crippen molar-refractivity contribution in [2.24, 2.45) is 0 Å². The highest BCUT2D eigenvalue weighted by molar-refractivity contribution is 6.30. The predicted molar refractivity (Wildman–Crippen MR) is 94.9 cm³/mol. The number of esters is 1. The Balaban J connectivity index is 1.71. The van der Waals surface area contributed by atoms with Gasteiger partial charge in [-0.15, -0.1) is 0 Å². The third kappa shape index (κ3) is 6.43. The van der Waals surface area contributed by atoms with Crippen LogP contribution in [0, 0.1) is 0 Å². The Morgan fingerprint density at radius 1 is 1.12 bits per heavy atom. The van der Waals surface area contributed by atoms with Gasteiger partial charge in [-0.1, -0.05) is 37.6 Å². The molecule has 0 saturated heterocycles. The molecular formula is C18H19ClN2O4. The number of ether oxygens (including phenoxy) is 2. The van der Waals surface area contributed by atoms with Crippen LogP contribution in [-0.2, 0) is 14.3 Å². The first kappa shape index (κ1) is 18.7. The van der Waals surface area contributed by atoms with Crippen molar-refractivity contribution in [1.82, 2.24) is 4.98 Å². The lowest BCUT2D eigenvalue weighted by Crippen LogP contribution is -2.24. The minimum absolute atomic E-state index is 0.270. The van der Waals surface area contributed by atoms with Crippen LogP contribution in [0.4, 0.5) is 5.82 Å². The molecule has 0 spiro atoms. The first-order valence-electron chi connectivity index (χ1n) is 7.74. The van der Waals surface area contributed by atoms with Gasteiger partial charge in [-0.3, -0.25) is 4.79 Å². The molecule has 25 heavy (non-hydrogen) atoms. The molecule has 132 valence electrons. The van der Waals surface area contributed by atoms with Crippen molar-refractivity contribution in [3.05, 3.63) is 53.2 Å². The van der Waals surface area contributed by atoms with E-state index in [-0.39, 0.29) is 6.61 Å². The summed E-state index contributed by atoms with van der Waals surface area (Å²) in [4.78, 5) is 27.2. The Morgan fingerprint density at radius 2 is 1.84 bits per heavy atom. The van der Waals surface area contributed by atoms with E-state index in [0.29, 0.717) is 22.5 Å². The number of halogens is 1. The minimum atomic E-state index is -0.632. The van der Waals surface area contributed by atoms with E-state index in [1.54, 1.807) is 24.3 Å². The van der Waals surface area contributed by atoms with Crippen molar-refractivity contribution in [3.63, 3.8) is 0 Å². The lowest BCUT2D eigenvalue weighted by molar-refractivity contribution is -0.149. The highest BCUT2D eigenvalue weighted by Gasteiger charge is 2.09. The van der Waals surface area contributed by atoms with E-state index in [1.807, 2.05) is 12.1 Å². The highest BCUT2D eigenvalue weighted by Crippen LogP contribution is 2.18. The van der Waals surface area contributed by atoms with E-state index in [4.69, 9.17) is 21.1 Å². The van der Waals surface area contributed by atoms with E-state index >= 15 is 0 Å². The molecule has 0 radical (unpaired) electrons. The average Bonchev–Trinajstić information content (AvgIpc) is 2.60. The van der Waals surface area contributed by atoms with Gasteiger partial charge in [-0.05, 0) is 35.7 Å². The second-order valence-electron chi connectivity index (χ2n) is 5.58. The van der Waals surface area contributed by atoms with Gasteiger partial charge in [0.2, 0.25) is 0 Å². The Hall–Kier alpha value is -2.60. The maximum absolute atomic E-state index is 11.7. The fourth-order valence-electron chi connectivity index (χ4n) is 1.91. The largest absolute Gasteiger partial charge is 0.482 e. The Kier molecular flexibility index (Phi) is 6.77. The van der Waals surface area contributed by atoms with Crippen molar-refractivity contribution in [1.29, 1.82) is 0 Å². The van der Waals surface area contributed by atoms with E-state index < -0.39 is 18.5 Å². The molecule has 0 aliphatic heterocycles. The highest BCUT2D eigenvalue weighted by atomic mass is 35.5. The van der Waals surface area contributed by atoms with Crippen LogP contribution in [0.5, 0.6) is 5.75 Å². The number of carbonyl (C=O) groups excluding carboxylic acids is 2. The van der Waals surface area contributed by atoms with Crippen LogP contribution in [0.2, 0.25) is 5.02 Å². The van der Waals surface area contributed by atoms with Gasteiger partial charge in [0.1, 0.15) is 11.6 Å². The number of amides is 1. The average molecular weight is 363 g/mol. The smallest absolute Gasteiger partial charge is 0.344 e. The van der Waals surface area contributed by atoms with Crippen LogP contribution in [-0.4, -0.2) is 30.1 Å². The number of nitrogens with zero attached hydrogens (tertiary/aromatic N) is 1. The summed E-state index contributed by atoms with van der Waals surface area (Å²) >= 11 is 5.70. The van der Waals surface area contributed by atoms with E-state index in [1.165, 1.54) is 11.8 Å². The third-order valence-corrected chi connectivity index (χ3v) is 3.49. The number of hydrogen-bond donors (Lipinski definition) is 1. The molecule has 0 saturated carbocycles. The number of anilines is 1. The van der Waals surface area contributed by atoms with Crippen LogP contribution < -0.4 is 10.1 Å². The van der Waals surface area contributed by atoms with Gasteiger partial charge < -0.3 is 14.8 Å². The first-order valence-corrected chi connectivity index (χ1v) is 8.11. The molecule has 0 aliphatic rings. The summed E-state index contributed by atoms with van der Waals surface area (Å²) in [6.45, 7) is 3.50. The number of pyridine rings is 1. The molecule has 1 aromatic carbocycles. The van der Waals surface area contributed by atoms with Crippen LogP contribution in [0.3, 0.4) is 0 Å². The van der Waals surface area contributed by atoms with Gasteiger partial charge in [0, 0.05) is 6.20 Å². The lowest BCUT2D eigenvalue weighted by Gasteiger charge is -2.09. The fourth-order valence-corrected chi connectivity index (χ4v) is 2.02. The van der Waals surface area contributed by atoms with Crippen LogP contribution >= 0.6 is 11.6 Å². The number of aromatic nitrogens is 1. The quantitative estimate of drug-likeness (QED) is 0.763. The van der Waals surface area contributed by atoms with Gasteiger partial charge in [-0.2, -0.15) is 0 Å². The number of carbonyl (C=O) groups is 2. The molecule has 6 nitrogen and oxygen atoms in total. The zero-order valence-electron chi connectivity index (χ0n) is 14.0. The van der Waals surface area contributed by atoms with Crippen LogP contribution in [0.15, 0.2) is 42.6 Å². The summed E-state index contributed by atoms with van der Waals surface area (Å²) in [5.41, 5.74) is 1.18. The molecule has 2 aromatic rings. The topological polar surface area (TPSA) is 77.5 Å². The van der Waals surface area contributed by atoms with Crippen LogP contribution in [0.25, 0.3) is 0 Å². The molecule has 0 unspecified atom stereocenters. The maximum atomic E-state index is 11.7. The van der Waals surface area contributed by atoms with Crippen molar-refractivity contribution in [2.45, 2.75) is 19.8 Å². The fraction of sp³-hybridized carbons (Fsp3) is 0.278. The van der Waals surface area contributed by atoms with E-state index in [2.05, 4.69) is 24.1 Å². The molecule has 0 aliphatic carbocycles. The van der Waals surface area contributed by atoms with Crippen molar-refractivity contribution < 1.29 is 19.1 Å². The van der Waals surface area contributed by atoms with Gasteiger partial charge in [0.15, 0.2) is 13.2 Å². The maximum Gasteiger partial charge on any atom is 0.344 e. The normalized spacial score (nSPS) is 10.4. The van der Waals surface area contributed by atoms with Crippen molar-refractivity contribution >= 4 is 29.3 Å². The zero-order chi connectivity index (χ0) is 18.2. The summed E-state index contributed by atoms with van der Waals surface area (Å²) in [5, 5.41) is 2.95. The monoisotopic (exact) mass is 362 g/mol.